The van der Waals surface area contributed by atoms with Crippen LogP contribution in [0.2, 0.25) is 5.02 Å². The Bertz CT molecular complexity index is 733. The molecule has 3 aromatic rings. The molecule has 1 unspecified atom stereocenters. The van der Waals surface area contributed by atoms with E-state index in [9.17, 15) is 5.11 Å². The molecule has 1 aromatic heterocycles. The summed E-state index contributed by atoms with van der Waals surface area (Å²) in [5.74, 6) is 0. The van der Waals surface area contributed by atoms with Crippen molar-refractivity contribution in [1.82, 2.24) is 10.2 Å². The predicted octanol–water partition coefficient (Wildman–Crippen LogP) is 4.02. The second-order valence-electron chi connectivity index (χ2n) is 4.39. The zero-order valence-corrected chi connectivity index (χ0v) is 12.5. The summed E-state index contributed by atoms with van der Waals surface area (Å²) in [4.78, 5) is 0. The number of para-hydroxylation sites is 1. The zero-order chi connectivity index (χ0) is 14.7. The fraction of sp³-hybridized carbons (Fsp3) is 0.0667. The molecule has 0 aliphatic heterocycles. The van der Waals surface area contributed by atoms with Crippen LogP contribution >= 0.6 is 22.9 Å². The summed E-state index contributed by atoms with van der Waals surface area (Å²) in [6, 6.07) is 16.8. The van der Waals surface area contributed by atoms with Crippen LogP contribution in [0, 0.1) is 0 Å². The Morgan fingerprint density at radius 2 is 1.86 bits per heavy atom. The van der Waals surface area contributed by atoms with Crippen molar-refractivity contribution in [2.75, 3.05) is 5.32 Å². The van der Waals surface area contributed by atoms with Crippen molar-refractivity contribution >= 4 is 33.8 Å². The number of anilines is 2. The second kappa shape index (κ2) is 6.22. The lowest BCUT2D eigenvalue weighted by atomic mass is 10.1. The van der Waals surface area contributed by atoms with E-state index < -0.39 is 6.10 Å². The molecule has 21 heavy (non-hydrogen) atoms. The van der Waals surface area contributed by atoms with Gasteiger partial charge in [0, 0.05) is 10.7 Å². The highest BCUT2D eigenvalue weighted by Crippen LogP contribution is 2.29. The first-order chi connectivity index (χ1) is 10.2. The minimum absolute atomic E-state index is 0.524. The number of aliphatic hydroxyl groups is 1. The SMILES string of the molecule is OC(c1cccc(Cl)c1)c1nnc(Nc2ccccc2)s1. The molecule has 2 aromatic carbocycles. The van der Waals surface area contributed by atoms with E-state index >= 15 is 0 Å². The standard InChI is InChI=1S/C15H12ClN3OS/c16-11-6-4-5-10(9-11)13(20)14-18-19-15(21-14)17-12-7-2-1-3-8-12/h1-9,13,20H,(H,17,19). The zero-order valence-electron chi connectivity index (χ0n) is 10.9. The van der Waals surface area contributed by atoms with Crippen LogP contribution in [0.3, 0.4) is 0 Å². The molecule has 6 heteroatoms. The maximum Gasteiger partial charge on any atom is 0.210 e. The van der Waals surface area contributed by atoms with Gasteiger partial charge in [0.1, 0.15) is 6.10 Å². The van der Waals surface area contributed by atoms with Crippen molar-refractivity contribution in [3.05, 3.63) is 70.2 Å². The predicted molar refractivity (Wildman–Crippen MR) is 85.1 cm³/mol. The maximum atomic E-state index is 10.3. The number of hydrogen-bond acceptors (Lipinski definition) is 5. The average molecular weight is 318 g/mol. The third kappa shape index (κ3) is 3.39. The molecule has 0 amide bonds. The summed E-state index contributed by atoms with van der Waals surface area (Å²) in [6.07, 6.45) is -0.826. The van der Waals surface area contributed by atoms with Gasteiger partial charge in [-0.1, -0.05) is 53.3 Å². The molecule has 0 radical (unpaired) electrons. The molecule has 0 fully saturated rings. The summed E-state index contributed by atoms with van der Waals surface area (Å²) in [7, 11) is 0. The van der Waals surface area contributed by atoms with Gasteiger partial charge < -0.3 is 10.4 Å². The summed E-state index contributed by atoms with van der Waals surface area (Å²) >= 11 is 7.24. The quantitative estimate of drug-likeness (QED) is 0.763. The lowest BCUT2D eigenvalue weighted by Crippen LogP contribution is -1.98. The Labute approximate surface area is 131 Å². The number of aliphatic hydroxyl groups excluding tert-OH is 1. The molecule has 0 saturated carbocycles. The molecular weight excluding hydrogens is 306 g/mol. The molecular formula is C15H12ClN3OS. The van der Waals surface area contributed by atoms with Gasteiger partial charge in [0.15, 0.2) is 5.01 Å². The summed E-state index contributed by atoms with van der Waals surface area (Å²) < 4.78 is 0. The Morgan fingerprint density at radius 1 is 1.05 bits per heavy atom. The van der Waals surface area contributed by atoms with E-state index in [1.165, 1.54) is 11.3 Å². The highest BCUT2D eigenvalue weighted by Gasteiger charge is 2.16. The Kier molecular flexibility index (Phi) is 4.15. The van der Waals surface area contributed by atoms with Gasteiger partial charge in [0.05, 0.1) is 0 Å². The Balaban J connectivity index is 1.78. The average Bonchev–Trinajstić information content (AvgIpc) is 2.96. The molecule has 0 saturated heterocycles. The largest absolute Gasteiger partial charge is 0.381 e. The Morgan fingerprint density at radius 3 is 2.62 bits per heavy atom. The molecule has 3 rings (SSSR count). The second-order valence-corrected chi connectivity index (χ2v) is 5.84. The minimum atomic E-state index is -0.826. The van der Waals surface area contributed by atoms with Gasteiger partial charge in [0.2, 0.25) is 5.13 Å². The van der Waals surface area contributed by atoms with Gasteiger partial charge in [-0.15, -0.1) is 10.2 Å². The van der Waals surface area contributed by atoms with E-state index in [0.29, 0.717) is 20.7 Å². The maximum absolute atomic E-state index is 10.3. The van der Waals surface area contributed by atoms with Crippen LogP contribution in [-0.4, -0.2) is 15.3 Å². The first-order valence-electron chi connectivity index (χ1n) is 6.31. The molecule has 0 bridgehead atoms. The van der Waals surface area contributed by atoms with E-state index in [4.69, 9.17) is 11.6 Å². The smallest absolute Gasteiger partial charge is 0.210 e. The van der Waals surface area contributed by atoms with Gasteiger partial charge in [-0.2, -0.15) is 0 Å². The van der Waals surface area contributed by atoms with Crippen LogP contribution < -0.4 is 5.32 Å². The fourth-order valence-electron chi connectivity index (χ4n) is 1.86. The number of hydrogen-bond donors (Lipinski definition) is 2. The van der Waals surface area contributed by atoms with Crippen molar-refractivity contribution in [3.63, 3.8) is 0 Å². The van der Waals surface area contributed by atoms with Gasteiger partial charge in [-0.3, -0.25) is 0 Å². The van der Waals surface area contributed by atoms with Crippen LogP contribution in [0.15, 0.2) is 54.6 Å². The molecule has 106 valence electrons. The van der Waals surface area contributed by atoms with Gasteiger partial charge in [0.25, 0.3) is 0 Å². The molecule has 0 aliphatic rings. The van der Waals surface area contributed by atoms with E-state index in [2.05, 4.69) is 15.5 Å². The monoisotopic (exact) mass is 317 g/mol. The van der Waals surface area contributed by atoms with Crippen LogP contribution in [-0.2, 0) is 0 Å². The van der Waals surface area contributed by atoms with E-state index in [0.717, 1.165) is 5.69 Å². The fourth-order valence-corrected chi connectivity index (χ4v) is 2.84. The molecule has 0 spiro atoms. The van der Waals surface area contributed by atoms with Crippen molar-refractivity contribution in [1.29, 1.82) is 0 Å². The third-order valence-corrected chi connectivity index (χ3v) is 3.99. The third-order valence-electron chi connectivity index (χ3n) is 2.86. The van der Waals surface area contributed by atoms with Crippen LogP contribution in [0.25, 0.3) is 0 Å². The number of aromatic nitrogens is 2. The normalized spacial score (nSPS) is 12.1. The van der Waals surface area contributed by atoms with E-state index in [1.807, 2.05) is 36.4 Å². The number of halogens is 1. The molecule has 0 aliphatic carbocycles. The van der Waals surface area contributed by atoms with Gasteiger partial charge >= 0.3 is 0 Å². The lowest BCUT2D eigenvalue weighted by molar-refractivity contribution is 0.219. The lowest BCUT2D eigenvalue weighted by Gasteiger charge is -2.06. The van der Waals surface area contributed by atoms with Crippen molar-refractivity contribution < 1.29 is 5.11 Å². The van der Waals surface area contributed by atoms with Crippen LogP contribution in [0.5, 0.6) is 0 Å². The molecule has 1 atom stereocenters. The number of benzene rings is 2. The summed E-state index contributed by atoms with van der Waals surface area (Å²) in [5.41, 5.74) is 1.63. The molecule has 1 heterocycles. The summed E-state index contributed by atoms with van der Waals surface area (Å²) in [6.45, 7) is 0. The van der Waals surface area contributed by atoms with Gasteiger partial charge in [-0.05, 0) is 29.8 Å². The highest BCUT2D eigenvalue weighted by atomic mass is 35.5. The topological polar surface area (TPSA) is 58.0 Å². The first-order valence-corrected chi connectivity index (χ1v) is 7.51. The van der Waals surface area contributed by atoms with Crippen LogP contribution in [0.1, 0.15) is 16.7 Å². The minimum Gasteiger partial charge on any atom is -0.381 e. The van der Waals surface area contributed by atoms with Crippen molar-refractivity contribution in [2.24, 2.45) is 0 Å². The number of rotatable bonds is 4. The van der Waals surface area contributed by atoms with Crippen LogP contribution in [0.4, 0.5) is 10.8 Å². The van der Waals surface area contributed by atoms with E-state index in [1.54, 1.807) is 18.2 Å². The van der Waals surface area contributed by atoms with Crippen molar-refractivity contribution in [2.45, 2.75) is 6.10 Å². The Hall–Kier alpha value is -1.95. The first kappa shape index (κ1) is 14.0. The van der Waals surface area contributed by atoms with Gasteiger partial charge in [-0.25, -0.2) is 0 Å². The summed E-state index contributed by atoms with van der Waals surface area (Å²) in [5, 5.41) is 23.3. The number of nitrogens with zero attached hydrogens (tertiary/aromatic N) is 2. The molecule has 4 nitrogen and oxygen atoms in total. The number of nitrogens with one attached hydrogen (secondary N) is 1. The highest BCUT2D eigenvalue weighted by molar-refractivity contribution is 7.15. The molecule has 2 N–H and O–H groups in total. The van der Waals surface area contributed by atoms with Crippen molar-refractivity contribution in [3.8, 4) is 0 Å². The van der Waals surface area contributed by atoms with E-state index in [-0.39, 0.29) is 0 Å².